The first-order valence-electron chi connectivity index (χ1n) is 6.17. The Morgan fingerprint density at radius 1 is 1.05 bits per heavy atom. The highest BCUT2D eigenvalue weighted by Crippen LogP contribution is 2.33. The summed E-state index contributed by atoms with van der Waals surface area (Å²) in [5.41, 5.74) is 2.01. The fourth-order valence-corrected chi connectivity index (χ4v) is 3.32. The van der Waals surface area contributed by atoms with Gasteiger partial charge in [-0.1, -0.05) is 47.8 Å². The molecular formula is C15H13BrCl3N. The van der Waals surface area contributed by atoms with E-state index in [0.29, 0.717) is 15.1 Å². The van der Waals surface area contributed by atoms with Crippen LogP contribution in [-0.2, 0) is 0 Å². The Morgan fingerprint density at radius 2 is 1.70 bits per heavy atom. The molecule has 0 aliphatic heterocycles. The number of anilines is 1. The number of halogens is 4. The Morgan fingerprint density at radius 3 is 2.30 bits per heavy atom. The van der Waals surface area contributed by atoms with Crippen LogP contribution in [0.25, 0.3) is 0 Å². The zero-order valence-corrected chi connectivity index (χ0v) is 14.6. The van der Waals surface area contributed by atoms with E-state index in [1.165, 1.54) is 0 Å². The van der Waals surface area contributed by atoms with E-state index in [-0.39, 0.29) is 6.04 Å². The van der Waals surface area contributed by atoms with Crippen LogP contribution in [0.1, 0.15) is 24.9 Å². The Kier molecular flexibility index (Phi) is 5.62. The Hall–Kier alpha value is -0.410. The Balaban J connectivity index is 2.28. The SMILES string of the molecule is CCC(Nc1ccc(Cl)cc1Br)c1ccc(Cl)cc1Cl. The van der Waals surface area contributed by atoms with Gasteiger partial charge in [0.15, 0.2) is 0 Å². The van der Waals surface area contributed by atoms with Crippen molar-refractivity contribution >= 4 is 56.4 Å². The number of rotatable bonds is 4. The van der Waals surface area contributed by atoms with E-state index in [1.54, 1.807) is 6.07 Å². The van der Waals surface area contributed by atoms with Crippen molar-refractivity contribution in [1.82, 2.24) is 0 Å². The van der Waals surface area contributed by atoms with Crippen molar-refractivity contribution in [3.63, 3.8) is 0 Å². The van der Waals surface area contributed by atoms with Crippen molar-refractivity contribution in [3.05, 3.63) is 61.5 Å². The molecule has 0 heterocycles. The summed E-state index contributed by atoms with van der Waals surface area (Å²) in [7, 11) is 0. The number of hydrogen-bond acceptors (Lipinski definition) is 1. The molecule has 1 N–H and O–H groups in total. The van der Waals surface area contributed by atoms with Gasteiger partial charge in [-0.3, -0.25) is 0 Å². The maximum Gasteiger partial charge on any atom is 0.0526 e. The molecule has 1 unspecified atom stereocenters. The van der Waals surface area contributed by atoms with Gasteiger partial charge in [0.05, 0.1) is 6.04 Å². The van der Waals surface area contributed by atoms with Crippen LogP contribution in [0.3, 0.4) is 0 Å². The van der Waals surface area contributed by atoms with Gasteiger partial charge in [-0.2, -0.15) is 0 Å². The molecule has 0 aliphatic carbocycles. The lowest BCUT2D eigenvalue weighted by Crippen LogP contribution is -2.10. The fraction of sp³-hybridized carbons (Fsp3) is 0.200. The molecule has 0 amide bonds. The summed E-state index contributed by atoms with van der Waals surface area (Å²) in [5.74, 6) is 0. The first kappa shape index (κ1) is 16.0. The molecule has 0 saturated heterocycles. The summed E-state index contributed by atoms with van der Waals surface area (Å²) in [5, 5.41) is 5.47. The predicted molar refractivity (Wildman–Crippen MR) is 92.3 cm³/mol. The van der Waals surface area contributed by atoms with Gasteiger partial charge in [-0.05, 0) is 58.2 Å². The molecule has 1 atom stereocenters. The summed E-state index contributed by atoms with van der Waals surface area (Å²) in [6, 6.07) is 11.3. The van der Waals surface area contributed by atoms with E-state index < -0.39 is 0 Å². The van der Waals surface area contributed by atoms with E-state index in [4.69, 9.17) is 34.8 Å². The Bertz CT molecular complexity index is 616. The highest BCUT2D eigenvalue weighted by atomic mass is 79.9. The summed E-state index contributed by atoms with van der Waals surface area (Å²) in [6.45, 7) is 2.10. The average molecular weight is 394 g/mol. The normalized spacial score (nSPS) is 12.2. The van der Waals surface area contributed by atoms with Crippen molar-refractivity contribution in [1.29, 1.82) is 0 Å². The van der Waals surface area contributed by atoms with Crippen LogP contribution in [-0.4, -0.2) is 0 Å². The van der Waals surface area contributed by atoms with Gasteiger partial charge in [-0.15, -0.1) is 0 Å². The van der Waals surface area contributed by atoms with Gasteiger partial charge in [0.2, 0.25) is 0 Å². The molecule has 0 aromatic heterocycles. The first-order chi connectivity index (χ1) is 9.51. The van der Waals surface area contributed by atoms with Crippen molar-refractivity contribution in [3.8, 4) is 0 Å². The summed E-state index contributed by atoms with van der Waals surface area (Å²) in [4.78, 5) is 0. The van der Waals surface area contributed by atoms with Crippen molar-refractivity contribution in [2.75, 3.05) is 5.32 Å². The lowest BCUT2D eigenvalue weighted by atomic mass is 10.0. The third kappa shape index (κ3) is 3.82. The van der Waals surface area contributed by atoms with Crippen LogP contribution in [0.2, 0.25) is 15.1 Å². The smallest absolute Gasteiger partial charge is 0.0526 e. The molecule has 1 nitrogen and oxygen atoms in total. The highest BCUT2D eigenvalue weighted by molar-refractivity contribution is 9.10. The van der Waals surface area contributed by atoms with E-state index in [2.05, 4.69) is 28.2 Å². The summed E-state index contributed by atoms with van der Waals surface area (Å²) >= 11 is 21.7. The second-order valence-electron chi connectivity index (χ2n) is 4.40. The maximum absolute atomic E-state index is 6.28. The topological polar surface area (TPSA) is 12.0 Å². The molecule has 106 valence electrons. The molecule has 2 aromatic carbocycles. The van der Waals surface area contributed by atoms with Gasteiger partial charge in [-0.25, -0.2) is 0 Å². The molecule has 2 rings (SSSR count). The van der Waals surface area contributed by atoms with Crippen LogP contribution in [0.5, 0.6) is 0 Å². The van der Waals surface area contributed by atoms with Gasteiger partial charge >= 0.3 is 0 Å². The highest BCUT2D eigenvalue weighted by Gasteiger charge is 2.14. The fourth-order valence-electron chi connectivity index (χ4n) is 1.98. The molecule has 0 radical (unpaired) electrons. The second kappa shape index (κ2) is 7.04. The first-order valence-corrected chi connectivity index (χ1v) is 8.10. The zero-order valence-electron chi connectivity index (χ0n) is 10.8. The molecular weight excluding hydrogens is 380 g/mol. The number of hydrogen-bond donors (Lipinski definition) is 1. The molecule has 20 heavy (non-hydrogen) atoms. The van der Waals surface area contributed by atoms with Crippen LogP contribution in [0, 0.1) is 0 Å². The van der Waals surface area contributed by atoms with Gasteiger partial charge in [0.1, 0.15) is 0 Å². The lowest BCUT2D eigenvalue weighted by Gasteiger charge is -2.21. The largest absolute Gasteiger partial charge is 0.377 e. The minimum Gasteiger partial charge on any atom is -0.377 e. The molecule has 0 aliphatic rings. The summed E-state index contributed by atoms with van der Waals surface area (Å²) < 4.78 is 0.925. The van der Waals surface area contributed by atoms with E-state index >= 15 is 0 Å². The van der Waals surface area contributed by atoms with E-state index in [9.17, 15) is 0 Å². The molecule has 5 heteroatoms. The lowest BCUT2D eigenvalue weighted by molar-refractivity contribution is 0.749. The van der Waals surface area contributed by atoms with Crippen molar-refractivity contribution < 1.29 is 0 Å². The molecule has 2 aromatic rings. The quantitative estimate of drug-likeness (QED) is 0.591. The van der Waals surface area contributed by atoms with Crippen molar-refractivity contribution in [2.24, 2.45) is 0 Å². The predicted octanol–water partition coefficient (Wildman–Crippen LogP) is 6.97. The third-order valence-corrected chi connectivity index (χ3v) is 4.46. The van der Waals surface area contributed by atoms with Gasteiger partial charge in [0, 0.05) is 25.2 Å². The maximum atomic E-state index is 6.28. The minimum absolute atomic E-state index is 0.109. The molecule has 0 saturated carbocycles. The third-order valence-electron chi connectivity index (χ3n) is 3.01. The van der Waals surface area contributed by atoms with Gasteiger partial charge < -0.3 is 5.32 Å². The number of benzene rings is 2. The van der Waals surface area contributed by atoms with Crippen LogP contribution >= 0.6 is 50.7 Å². The summed E-state index contributed by atoms with van der Waals surface area (Å²) in [6.07, 6.45) is 0.899. The van der Waals surface area contributed by atoms with E-state index in [0.717, 1.165) is 22.1 Å². The average Bonchev–Trinajstić information content (AvgIpc) is 2.39. The van der Waals surface area contributed by atoms with Gasteiger partial charge in [0.25, 0.3) is 0 Å². The Labute approximate surface area is 142 Å². The van der Waals surface area contributed by atoms with Crippen molar-refractivity contribution in [2.45, 2.75) is 19.4 Å². The molecule has 0 spiro atoms. The monoisotopic (exact) mass is 391 g/mol. The van der Waals surface area contributed by atoms with Crippen LogP contribution < -0.4 is 5.32 Å². The zero-order chi connectivity index (χ0) is 14.7. The molecule has 0 fully saturated rings. The van der Waals surface area contributed by atoms with Crippen LogP contribution in [0.15, 0.2) is 40.9 Å². The standard InChI is InChI=1S/C15H13BrCl3N/c1-2-14(11-5-3-10(18)8-13(11)19)20-15-6-4-9(17)7-12(15)16/h3-8,14,20H,2H2,1H3. The minimum atomic E-state index is 0.109. The van der Waals surface area contributed by atoms with Crippen LogP contribution in [0.4, 0.5) is 5.69 Å². The van der Waals surface area contributed by atoms with E-state index in [1.807, 2.05) is 30.3 Å². The second-order valence-corrected chi connectivity index (χ2v) is 6.53. The molecule has 0 bridgehead atoms. The number of nitrogens with one attached hydrogen (secondary N) is 1.